The third kappa shape index (κ3) is 5.51. The van der Waals surface area contributed by atoms with Gasteiger partial charge in [0.25, 0.3) is 0 Å². The van der Waals surface area contributed by atoms with E-state index in [0.717, 1.165) is 10.8 Å². The summed E-state index contributed by atoms with van der Waals surface area (Å²) >= 11 is 12.6. The zero-order valence-electron chi connectivity index (χ0n) is 21.6. The minimum absolute atomic E-state index is 0.604. The zero-order chi connectivity index (χ0) is 25.1. The van der Waals surface area contributed by atoms with E-state index in [0.29, 0.717) is 10.0 Å². The van der Waals surface area contributed by atoms with Crippen molar-refractivity contribution in [1.82, 2.24) is 0 Å². The van der Waals surface area contributed by atoms with E-state index in [1.165, 1.54) is 96.5 Å². The van der Waals surface area contributed by atoms with Gasteiger partial charge in [-0.1, -0.05) is 87.7 Å². The molecule has 0 aliphatic carbocycles. The van der Waals surface area contributed by atoms with Crippen molar-refractivity contribution < 1.29 is 0 Å². The van der Waals surface area contributed by atoms with Crippen molar-refractivity contribution in [3.8, 4) is 0 Å². The van der Waals surface area contributed by atoms with Crippen molar-refractivity contribution in [2.75, 3.05) is 0 Å². The van der Waals surface area contributed by atoms with Crippen LogP contribution in [0.3, 0.4) is 0 Å². The SMILES string of the molecule is CCCCCCc1cc2cc3cc4cc5cc(Cl)c(Cl)cc5cc4cc3cc2cc1CCCCCC. The maximum absolute atomic E-state index is 6.30. The summed E-state index contributed by atoms with van der Waals surface area (Å²) < 4.78 is 0. The maximum Gasteiger partial charge on any atom is 0.0598 e. The molecule has 0 bridgehead atoms. The highest BCUT2D eigenvalue weighted by atomic mass is 35.5. The largest absolute Gasteiger partial charge is 0.0827 e. The Labute approximate surface area is 225 Å². The normalized spacial score (nSPS) is 11.9. The van der Waals surface area contributed by atoms with E-state index < -0.39 is 0 Å². The monoisotopic (exact) mass is 514 g/mol. The zero-order valence-corrected chi connectivity index (χ0v) is 23.1. The second kappa shape index (κ2) is 11.4. The molecule has 0 aromatic heterocycles. The summed E-state index contributed by atoms with van der Waals surface area (Å²) in [4.78, 5) is 0. The molecule has 0 unspecified atom stereocenters. The van der Waals surface area contributed by atoms with E-state index in [1.54, 1.807) is 11.1 Å². The maximum atomic E-state index is 6.30. The molecule has 5 rings (SSSR count). The number of halogens is 2. The van der Waals surface area contributed by atoms with Crippen LogP contribution in [0.15, 0.2) is 60.7 Å². The molecule has 5 aromatic carbocycles. The smallest absolute Gasteiger partial charge is 0.0598 e. The van der Waals surface area contributed by atoms with Gasteiger partial charge in [0.05, 0.1) is 10.0 Å². The van der Waals surface area contributed by atoms with Gasteiger partial charge >= 0.3 is 0 Å². The molecule has 2 heteroatoms. The summed E-state index contributed by atoms with van der Waals surface area (Å²) in [5.41, 5.74) is 3.13. The molecule has 0 fully saturated rings. The van der Waals surface area contributed by atoms with Crippen molar-refractivity contribution in [2.45, 2.75) is 78.1 Å². The van der Waals surface area contributed by atoms with Gasteiger partial charge in [0.2, 0.25) is 0 Å². The molecule has 0 heterocycles. The first-order valence-electron chi connectivity index (χ1n) is 13.8. The van der Waals surface area contributed by atoms with Crippen molar-refractivity contribution >= 4 is 66.3 Å². The number of hydrogen-bond donors (Lipinski definition) is 0. The van der Waals surface area contributed by atoms with E-state index >= 15 is 0 Å². The van der Waals surface area contributed by atoms with Gasteiger partial charge in [0.15, 0.2) is 0 Å². The van der Waals surface area contributed by atoms with E-state index in [4.69, 9.17) is 23.2 Å². The second-order valence-electron chi connectivity index (χ2n) is 10.5. The molecule has 0 radical (unpaired) electrons. The van der Waals surface area contributed by atoms with Gasteiger partial charge < -0.3 is 0 Å². The average molecular weight is 516 g/mol. The molecule has 0 aliphatic rings. The first-order valence-corrected chi connectivity index (χ1v) is 14.5. The number of fused-ring (bicyclic) bond motifs is 4. The molecule has 0 atom stereocenters. The minimum Gasteiger partial charge on any atom is -0.0827 e. The highest BCUT2D eigenvalue weighted by molar-refractivity contribution is 6.42. The van der Waals surface area contributed by atoms with E-state index in [1.807, 2.05) is 12.1 Å². The van der Waals surface area contributed by atoms with Gasteiger partial charge in [-0.05, 0) is 128 Å². The quantitative estimate of drug-likeness (QED) is 0.128. The van der Waals surface area contributed by atoms with Crippen LogP contribution in [0.2, 0.25) is 10.0 Å². The summed E-state index contributed by atoms with van der Waals surface area (Å²) in [7, 11) is 0. The van der Waals surface area contributed by atoms with Gasteiger partial charge in [-0.15, -0.1) is 0 Å². The molecular formula is C34H36Cl2. The lowest BCUT2D eigenvalue weighted by Crippen LogP contribution is -1.97. The van der Waals surface area contributed by atoms with Crippen LogP contribution in [0.4, 0.5) is 0 Å². The van der Waals surface area contributed by atoms with Crippen molar-refractivity contribution in [2.24, 2.45) is 0 Å². The van der Waals surface area contributed by atoms with E-state index in [2.05, 4.69) is 62.4 Å². The molecule has 186 valence electrons. The minimum atomic E-state index is 0.604. The lowest BCUT2D eigenvalue weighted by atomic mass is 9.91. The first-order chi connectivity index (χ1) is 17.6. The summed E-state index contributed by atoms with van der Waals surface area (Å²) in [6.45, 7) is 4.58. The van der Waals surface area contributed by atoms with E-state index in [9.17, 15) is 0 Å². The highest BCUT2D eigenvalue weighted by Gasteiger charge is 2.09. The van der Waals surface area contributed by atoms with Crippen molar-refractivity contribution in [3.05, 3.63) is 81.8 Å². The highest BCUT2D eigenvalue weighted by Crippen LogP contribution is 2.34. The average Bonchev–Trinajstić information content (AvgIpc) is 2.86. The lowest BCUT2D eigenvalue weighted by molar-refractivity contribution is 0.651. The Hall–Kier alpha value is -2.28. The molecule has 0 aliphatic heterocycles. The Morgan fingerprint density at radius 1 is 0.389 bits per heavy atom. The van der Waals surface area contributed by atoms with Crippen LogP contribution in [-0.4, -0.2) is 0 Å². The molecule has 36 heavy (non-hydrogen) atoms. The van der Waals surface area contributed by atoms with Crippen LogP contribution < -0.4 is 0 Å². The molecule has 0 N–H and O–H groups in total. The molecule has 5 aromatic rings. The Bertz CT molecular complexity index is 1410. The van der Waals surface area contributed by atoms with Gasteiger partial charge in [0, 0.05) is 0 Å². The third-order valence-corrected chi connectivity index (χ3v) is 8.39. The molecular weight excluding hydrogens is 479 g/mol. The Morgan fingerprint density at radius 3 is 1.03 bits per heavy atom. The van der Waals surface area contributed by atoms with Gasteiger partial charge in [-0.3, -0.25) is 0 Å². The van der Waals surface area contributed by atoms with Gasteiger partial charge in [0.1, 0.15) is 0 Å². The van der Waals surface area contributed by atoms with Crippen molar-refractivity contribution in [1.29, 1.82) is 0 Å². The fraction of sp³-hybridized carbons (Fsp3) is 0.353. The molecule has 0 amide bonds. The predicted octanol–water partition coefficient (Wildman–Crippen LogP) is 11.9. The van der Waals surface area contributed by atoms with Gasteiger partial charge in [-0.2, -0.15) is 0 Å². The Morgan fingerprint density at radius 2 is 0.694 bits per heavy atom. The molecule has 0 nitrogen and oxygen atoms in total. The predicted molar refractivity (Wildman–Crippen MR) is 162 cm³/mol. The number of hydrogen-bond acceptors (Lipinski definition) is 0. The van der Waals surface area contributed by atoms with Crippen LogP contribution in [0.1, 0.15) is 76.3 Å². The first kappa shape index (κ1) is 25.4. The number of unbranched alkanes of at least 4 members (excludes halogenated alkanes) is 6. The van der Waals surface area contributed by atoms with Crippen LogP contribution in [0.25, 0.3) is 43.1 Å². The van der Waals surface area contributed by atoms with Crippen LogP contribution in [-0.2, 0) is 12.8 Å². The standard InChI is InChI=1S/C34H36Cl2/c1-3-5-7-9-11-23-13-25-15-27-17-29-19-31-21-33(35)34(36)22-32(31)20-30(29)18-28(27)16-26(25)14-24(23)12-10-8-6-4-2/h13-22H,3-12H2,1-2H3. The summed E-state index contributed by atoms with van der Waals surface area (Å²) in [5.74, 6) is 0. The molecule has 0 spiro atoms. The molecule has 0 saturated heterocycles. The van der Waals surface area contributed by atoms with Crippen LogP contribution in [0, 0.1) is 0 Å². The third-order valence-electron chi connectivity index (χ3n) is 7.66. The number of aryl methyl sites for hydroxylation is 2. The topological polar surface area (TPSA) is 0 Å². The molecule has 0 saturated carbocycles. The van der Waals surface area contributed by atoms with Crippen LogP contribution in [0.5, 0.6) is 0 Å². The Balaban J connectivity index is 1.57. The summed E-state index contributed by atoms with van der Waals surface area (Å²) in [5, 5.41) is 11.2. The van der Waals surface area contributed by atoms with Crippen LogP contribution >= 0.6 is 23.2 Å². The number of benzene rings is 5. The van der Waals surface area contributed by atoms with Gasteiger partial charge in [-0.25, -0.2) is 0 Å². The fourth-order valence-corrected chi connectivity index (χ4v) is 5.94. The second-order valence-corrected chi connectivity index (χ2v) is 11.3. The Kier molecular flexibility index (Phi) is 8.04. The summed E-state index contributed by atoms with van der Waals surface area (Å²) in [6.07, 6.45) is 12.9. The van der Waals surface area contributed by atoms with Crippen molar-refractivity contribution in [3.63, 3.8) is 0 Å². The lowest BCUT2D eigenvalue weighted by Gasteiger charge is -2.14. The number of rotatable bonds is 10. The van der Waals surface area contributed by atoms with E-state index in [-0.39, 0.29) is 0 Å². The fourth-order valence-electron chi connectivity index (χ4n) is 5.59. The summed E-state index contributed by atoms with van der Waals surface area (Å²) in [6, 6.07) is 22.8.